The minimum absolute atomic E-state index is 0.420. The summed E-state index contributed by atoms with van der Waals surface area (Å²) in [6.45, 7) is 8.63. The summed E-state index contributed by atoms with van der Waals surface area (Å²) in [5, 5.41) is 0. The van der Waals surface area contributed by atoms with Gasteiger partial charge in [0, 0.05) is 19.3 Å². The van der Waals surface area contributed by atoms with Gasteiger partial charge < -0.3 is 4.90 Å². The van der Waals surface area contributed by atoms with Gasteiger partial charge in [-0.2, -0.15) is 0 Å². The molecule has 0 aliphatic carbocycles. The van der Waals surface area contributed by atoms with Crippen LogP contribution in [0.2, 0.25) is 0 Å². The molecule has 0 aliphatic rings. The second kappa shape index (κ2) is 7.49. The summed E-state index contributed by atoms with van der Waals surface area (Å²) in [5.41, 5.74) is 0.840. The van der Waals surface area contributed by atoms with Crippen LogP contribution in [0.3, 0.4) is 0 Å². The quantitative estimate of drug-likeness (QED) is 0.699. The van der Waals surface area contributed by atoms with Crippen LogP contribution in [0.4, 0.5) is 5.82 Å². The molecule has 1 aromatic heterocycles. The van der Waals surface area contributed by atoms with Gasteiger partial charge in [-0.1, -0.05) is 26.7 Å². The average molecular weight is 256 g/mol. The number of anilines is 1. The van der Waals surface area contributed by atoms with E-state index in [-0.39, 0.29) is 0 Å². The number of aromatic nitrogens is 2. The molecule has 96 valence electrons. The molecule has 0 bridgehead atoms. The van der Waals surface area contributed by atoms with Crippen LogP contribution in [0.1, 0.15) is 39.3 Å². The third-order valence-corrected chi connectivity index (χ3v) is 3.42. The van der Waals surface area contributed by atoms with Gasteiger partial charge in [0.2, 0.25) is 0 Å². The van der Waals surface area contributed by atoms with Crippen LogP contribution in [-0.4, -0.2) is 23.1 Å². The van der Waals surface area contributed by atoms with Crippen molar-refractivity contribution in [2.75, 3.05) is 18.0 Å². The van der Waals surface area contributed by atoms with Gasteiger partial charge in [-0.25, -0.2) is 4.98 Å². The highest BCUT2D eigenvalue weighted by molar-refractivity contribution is 6.16. The summed E-state index contributed by atoms with van der Waals surface area (Å²) >= 11 is 5.79. The van der Waals surface area contributed by atoms with Gasteiger partial charge in [0.25, 0.3) is 0 Å². The Morgan fingerprint density at radius 1 is 1.24 bits per heavy atom. The van der Waals surface area contributed by atoms with Crippen LogP contribution in [0, 0.1) is 5.92 Å². The van der Waals surface area contributed by atoms with E-state index in [0.717, 1.165) is 30.5 Å². The fourth-order valence-corrected chi connectivity index (χ4v) is 1.98. The summed E-state index contributed by atoms with van der Waals surface area (Å²) in [7, 11) is 0. The molecule has 4 heteroatoms. The summed E-state index contributed by atoms with van der Waals surface area (Å²) in [6, 6.07) is 0. The monoisotopic (exact) mass is 255 g/mol. The summed E-state index contributed by atoms with van der Waals surface area (Å²) in [6.07, 6.45) is 5.95. The molecule has 0 amide bonds. The number of rotatable bonds is 7. The molecule has 0 aromatic carbocycles. The summed E-state index contributed by atoms with van der Waals surface area (Å²) in [5.74, 6) is 2.08. The van der Waals surface area contributed by atoms with Crippen molar-refractivity contribution in [3.63, 3.8) is 0 Å². The second-order valence-corrected chi connectivity index (χ2v) is 4.49. The van der Waals surface area contributed by atoms with Gasteiger partial charge in [0.05, 0.1) is 17.8 Å². The molecular weight excluding hydrogens is 234 g/mol. The lowest BCUT2D eigenvalue weighted by Crippen LogP contribution is -2.30. The lowest BCUT2D eigenvalue weighted by atomic mass is 10.0. The first kappa shape index (κ1) is 14.2. The standard InChI is InChI=1S/C13H22ClN3/c1-4-11(5-2)10-17(6-3)13-9-15-8-12(7-14)16-13/h8-9,11H,4-7,10H2,1-3H3. The largest absolute Gasteiger partial charge is 0.355 e. The maximum absolute atomic E-state index is 5.79. The Balaban J connectivity index is 2.77. The van der Waals surface area contributed by atoms with Crippen LogP contribution < -0.4 is 4.90 Å². The third-order valence-electron chi connectivity index (χ3n) is 3.15. The zero-order valence-electron chi connectivity index (χ0n) is 11.0. The highest BCUT2D eigenvalue weighted by Gasteiger charge is 2.12. The molecule has 3 nitrogen and oxygen atoms in total. The van der Waals surface area contributed by atoms with E-state index < -0.39 is 0 Å². The van der Waals surface area contributed by atoms with Crippen molar-refractivity contribution in [1.29, 1.82) is 0 Å². The Kier molecular flexibility index (Phi) is 6.27. The number of halogens is 1. The molecule has 17 heavy (non-hydrogen) atoms. The average Bonchev–Trinajstić information content (AvgIpc) is 2.40. The first-order chi connectivity index (χ1) is 8.24. The summed E-state index contributed by atoms with van der Waals surface area (Å²) in [4.78, 5) is 11.0. The van der Waals surface area contributed by atoms with Crippen molar-refractivity contribution in [2.24, 2.45) is 5.92 Å². The molecular formula is C13H22ClN3. The normalized spacial score (nSPS) is 10.9. The van der Waals surface area contributed by atoms with E-state index in [2.05, 4.69) is 35.6 Å². The van der Waals surface area contributed by atoms with Crippen molar-refractivity contribution in [2.45, 2.75) is 39.5 Å². The van der Waals surface area contributed by atoms with Gasteiger partial charge in [-0.05, 0) is 12.8 Å². The van der Waals surface area contributed by atoms with E-state index in [1.807, 2.05) is 6.20 Å². The lowest BCUT2D eigenvalue weighted by molar-refractivity contribution is 0.484. The first-order valence-electron chi connectivity index (χ1n) is 6.36. The molecule has 0 aliphatic heterocycles. The lowest BCUT2D eigenvalue weighted by Gasteiger charge is -2.26. The Labute approximate surface area is 109 Å². The fourth-order valence-electron chi connectivity index (χ4n) is 1.85. The molecule has 0 N–H and O–H groups in total. The van der Waals surface area contributed by atoms with Crippen LogP contribution in [0.25, 0.3) is 0 Å². The second-order valence-electron chi connectivity index (χ2n) is 4.22. The summed E-state index contributed by atoms with van der Waals surface area (Å²) < 4.78 is 0. The Bertz CT molecular complexity index is 326. The van der Waals surface area contributed by atoms with E-state index in [9.17, 15) is 0 Å². The Hall–Kier alpha value is -0.830. The van der Waals surface area contributed by atoms with Gasteiger partial charge in [0.1, 0.15) is 5.82 Å². The maximum Gasteiger partial charge on any atom is 0.147 e. The molecule has 1 heterocycles. The van der Waals surface area contributed by atoms with Crippen molar-refractivity contribution in [3.8, 4) is 0 Å². The topological polar surface area (TPSA) is 29.0 Å². The molecule has 0 saturated carbocycles. The zero-order chi connectivity index (χ0) is 12.7. The number of hydrogen-bond donors (Lipinski definition) is 0. The van der Waals surface area contributed by atoms with Crippen molar-refractivity contribution in [1.82, 2.24) is 9.97 Å². The predicted octanol–water partition coefficient (Wildman–Crippen LogP) is 3.48. The molecule has 0 unspecified atom stereocenters. The van der Waals surface area contributed by atoms with Crippen molar-refractivity contribution in [3.05, 3.63) is 18.1 Å². The van der Waals surface area contributed by atoms with Gasteiger partial charge >= 0.3 is 0 Å². The van der Waals surface area contributed by atoms with Crippen LogP contribution in [0.15, 0.2) is 12.4 Å². The van der Waals surface area contributed by atoms with Crippen molar-refractivity contribution >= 4 is 17.4 Å². The first-order valence-corrected chi connectivity index (χ1v) is 6.90. The Morgan fingerprint density at radius 3 is 2.47 bits per heavy atom. The minimum atomic E-state index is 0.420. The molecule has 1 aromatic rings. The number of hydrogen-bond acceptors (Lipinski definition) is 3. The van der Waals surface area contributed by atoms with E-state index in [1.165, 1.54) is 12.8 Å². The molecule has 0 spiro atoms. The molecule has 0 atom stereocenters. The number of alkyl halides is 1. The molecule has 0 fully saturated rings. The Morgan fingerprint density at radius 2 is 1.94 bits per heavy atom. The molecule has 0 saturated heterocycles. The SMILES string of the molecule is CCC(CC)CN(CC)c1cncc(CCl)n1. The van der Waals surface area contributed by atoms with E-state index in [0.29, 0.717) is 5.88 Å². The smallest absolute Gasteiger partial charge is 0.147 e. The molecule has 1 rings (SSSR count). The predicted molar refractivity (Wildman–Crippen MR) is 73.5 cm³/mol. The van der Waals surface area contributed by atoms with Gasteiger partial charge in [-0.3, -0.25) is 4.98 Å². The fraction of sp³-hybridized carbons (Fsp3) is 0.692. The number of nitrogens with zero attached hydrogens (tertiary/aromatic N) is 3. The maximum atomic E-state index is 5.79. The van der Waals surface area contributed by atoms with E-state index >= 15 is 0 Å². The van der Waals surface area contributed by atoms with Gasteiger partial charge in [-0.15, -0.1) is 11.6 Å². The zero-order valence-corrected chi connectivity index (χ0v) is 11.7. The highest BCUT2D eigenvalue weighted by atomic mass is 35.5. The highest BCUT2D eigenvalue weighted by Crippen LogP contribution is 2.16. The van der Waals surface area contributed by atoms with Crippen molar-refractivity contribution < 1.29 is 0 Å². The van der Waals surface area contributed by atoms with Crippen LogP contribution in [0.5, 0.6) is 0 Å². The van der Waals surface area contributed by atoms with E-state index in [4.69, 9.17) is 11.6 Å². The van der Waals surface area contributed by atoms with Crippen LogP contribution in [-0.2, 0) is 5.88 Å². The van der Waals surface area contributed by atoms with Crippen LogP contribution >= 0.6 is 11.6 Å². The minimum Gasteiger partial charge on any atom is -0.355 e. The van der Waals surface area contributed by atoms with Gasteiger partial charge in [0.15, 0.2) is 0 Å². The molecule has 0 radical (unpaired) electrons. The van der Waals surface area contributed by atoms with E-state index in [1.54, 1.807) is 6.20 Å². The third kappa shape index (κ3) is 4.15.